The number of nitrogens with zero attached hydrogens (tertiary/aromatic N) is 1. The van der Waals surface area contributed by atoms with Gasteiger partial charge in [0.05, 0.1) is 16.3 Å². The zero-order chi connectivity index (χ0) is 12.4. The molecule has 0 aliphatic heterocycles. The highest BCUT2D eigenvalue weighted by Crippen LogP contribution is 2.28. The fourth-order valence-electron chi connectivity index (χ4n) is 1.64. The topological polar surface area (TPSA) is 79.4 Å². The SMILES string of the molecule is Nc1nc2cc(C(O)C(O)CCCl)ccc2s1. The quantitative estimate of drug-likeness (QED) is 0.743. The van der Waals surface area contributed by atoms with Gasteiger partial charge in [0, 0.05) is 5.88 Å². The van der Waals surface area contributed by atoms with Gasteiger partial charge in [-0.15, -0.1) is 11.6 Å². The molecule has 0 bridgehead atoms. The second kappa shape index (κ2) is 5.18. The van der Waals surface area contributed by atoms with Crippen LogP contribution in [0.2, 0.25) is 0 Å². The first-order valence-corrected chi connectivity index (χ1v) is 6.55. The molecule has 0 saturated heterocycles. The molecule has 2 atom stereocenters. The molecule has 0 radical (unpaired) electrons. The molecule has 92 valence electrons. The summed E-state index contributed by atoms with van der Waals surface area (Å²) < 4.78 is 0.963. The number of rotatable bonds is 4. The monoisotopic (exact) mass is 272 g/mol. The van der Waals surface area contributed by atoms with Crippen LogP contribution < -0.4 is 5.73 Å². The Balaban J connectivity index is 2.28. The number of fused-ring (bicyclic) bond motifs is 1. The lowest BCUT2D eigenvalue weighted by Crippen LogP contribution is -2.18. The van der Waals surface area contributed by atoms with Crippen LogP contribution in [0.3, 0.4) is 0 Å². The Labute approximate surface area is 108 Å². The lowest BCUT2D eigenvalue weighted by Gasteiger charge is -2.16. The Morgan fingerprint density at radius 3 is 2.88 bits per heavy atom. The first-order valence-electron chi connectivity index (χ1n) is 5.20. The second-order valence-corrected chi connectivity index (χ2v) is 5.21. The Kier molecular flexibility index (Phi) is 3.83. The van der Waals surface area contributed by atoms with Crippen molar-refractivity contribution in [2.45, 2.75) is 18.6 Å². The van der Waals surface area contributed by atoms with Crippen molar-refractivity contribution in [3.8, 4) is 0 Å². The average Bonchev–Trinajstić information content (AvgIpc) is 2.67. The zero-order valence-corrected chi connectivity index (χ0v) is 10.6. The molecule has 0 aliphatic carbocycles. The number of nitrogens with two attached hydrogens (primary N) is 1. The van der Waals surface area contributed by atoms with E-state index in [4.69, 9.17) is 17.3 Å². The Hall–Kier alpha value is -0.880. The van der Waals surface area contributed by atoms with E-state index in [9.17, 15) is 10.2 Å². The summed E-state index contributed by atoms with van der Waals surface area (Å²) in [5.41, 5.74) is 6.97. The highest BCUT2D eigenvalue weighted by Gasteiger charge is 2.18. The minimum Gasteiger partial charge on any atom is -0.390 e. The van der Waals surface area contributed by atoms with Crippen molar-refractivity contribution in [3.05, 3.63) is 23.8 Å². The summed E-state index contributed by atoms with van der Waals surface area (Å²) in [6.07, 6.45) is -1.46. The summed E-state index contributed by atoms with van der Waals surface area (Å²) in [4.78, 5) is 4.14. The van der Waals surface area contributed by atoms with Gasteiger partial charge in [-0.1, -0.05) is 17.4 Å². The van der Waals surface area contributed by atoms with Crippen LogP contribution >= 0.6 is 22.9 Å². The third-order valence-corrected chi connectivity index (χ3v) is 3.62. The number of benzene rings is 1. The van der Waals surface area contributed by atoms with Gasteiger partial charge in [-0.3, -0.25) is 0 Å². The Bertz CT molecular complexity index is 517. The molecule has 2 aromatic rings. The number of halogens is 1. The van der Waals surface area contributed by atoms with E-state index in [0.717, 1.165) is 10.2 Å². The van der Waals surface area contributed by atoms with Crippen LogP contribution in [0.25, 0.3) is 10.2 Å². The van der Waals surface area contributed by atoms with Crippen molar-refractivity contribution in [2.24, 2.45) is 0 Å². The maximum Gasteiger partial charge on any atom is 0.181 e. The van der Waals surface area contributed by atoms with Crippen LogP contribution in [0, 0.1) is 0 Å². The third-order valence-electron chi connectivity index (χ3n) is 2.54. The third kappa shape index (κ3) is 2.69. The second-order valence-electron chi connectivity index (χ2n) is 3.77. The number of anilines is 1. The maximum absolute atomic E-state index is 9.92. The zero-order valence-electron chi connectivity index (χ0n) is 9.01. The van der Waals surface area contributed by atoms with E-state index >= 15 is 0 Å². The van der Waals surface area contributed by atoms with Gasteiger partial charge in [0.15, 0.2) is 5.13 Å². The van der Waals surface area contributed by atoms with E-state index < -0.39 is 12.2 Å². The molecule has 0 spiro atoms. The molecule has 4 nitrogen and oxygen atoms in total. The summed E-state index contributed by atoms with van der Waals surface area (Å²) in [7, 11) is 0. The summed E-state index contributed by atoms with van der Waals surface area (Å²) in [6, 6.07) is 5.35. The number of alkyl halides is 1. The normalized spacial score (nSPS) is 15.0. The molecule has 1 aromatic heterocycles. The van der Waals surface area contributed by atoms with E-state index in [1.807, 2.05) is 6.07 Å². The molecule has 0 aliphatic rings. The number of nitrogen functional groups attached to an aromatic ring is 1. The molecule has 1 heterocycles. The number of hydrogen-bond acceptors (Lipinski definition) is 5. The summed E-state index contributed by atoms with van der Waals surface area (Å²) in [5, 5.41) is 20.1. The predicted octanol–water partition coefficient (Wildman–Crippen LogP) is 1.90. The van der Waals surface area contributed by atoms with Crippen molar-refractivity contribution < 1.29 is 10.2 Å². The molecular formula is C11H13ClN2O2S. The number of thiazole rings is 1. The number of aromatic nitrogens is 1. The van der Waals surface area contributed by atoms with E-state index in [0.29, 0.717) is 23.0 Å². The van der Waals surface area contributed by atoms with Gasteiger partial charge in [0.1, 0.15) is 6.10 Å². The minimum absolute atomic E-state index is 0.310. The summed E-state index contributed by atoms with van der Waals surface area (Å²) in [6.45, 7) is 0. The van der Waals surface area contributed by atoms with Gasteiger partial charge in [-0.2, -0.15) is 0 Å². The summed E-state index contributed by atoms with van der Waals surface area (Å²) in [5.74, 6) is 0.310. The summed E-state index contributed by atoms with van der Waals surface area (Å²) >= 11 is 6.92. The van der Waals surface area contributed by atoms with Gasteiger partial charge < -0.3 is 15.9 Å². The van der Waals surface area contributed by atoms with E-state index in [2.05, 4.69) is 4.98 Å². The predicted molar refractivity (Wildman–Crippen MR) is 70.3 cm³/mol. The molecule has 4 N–H and O–H groups in total. The van der Waals surface area contributed by atoms with Gasteiger partial charge >= 0.3 is 0 Å². The van der Waals surface area contributed by atoms with Crippen LogP contribution in [0.15, 0.2) is 18.2 Å². The number of aliphatic hydroxyl groups excluding tert-OH is 2. The molecule has 17 heavy (non-hydrogen) atoms. The van der Waals surface area contributed by atoms with Crippen molar-refractivity contribution in [3.63, 3.8) is 0 Å². The average molecular weight is 273 g/mol. The van der Waals surface area contributed by atoms with Crippen LogP contribution in [0.4, 0.5) is 5.13 Å². The first-order chi connectivity index (χ1) is 8.11. The smallest absolute Gasteiger partial charge is 0.181 e. The van der Waals surface area contributed by atoms with E-state index in [-0.39, 0.29) is 0 Å². The van der Waals surface area contributed by atoms with E-state index in [1.54, 1.807) is 12.1 Å². The largest absolute Gasteiger partial charge is 0.390 e. The first kappa shape index (κ1) is 12.6. The lowest BCUT2D eigenvalue weighted by molar-refractivity contribution is 0.0171. The molecule has 6 heteroatoms. The van der Waals surface area contributed by atoms with Gasteiger partial charge in [0.2, 0.25) is 0 Å². The van der Waals surface area contributed by atoms with Crippen LogP contribution in [0.5, 0.6) is 0 Å². The molecule has 2 unspecified atom stereocenters. The van der Waals surface area contributed by atoms with Crippen LogP contribution in [-0.4, -0.2) is 27.2 Å². The molecular weight excluding hydrogens is 260 g/mol. The molecule has 0 amide bonds. The fourth-order valence-corrected chi connectivity index (χ4v) is 2.58. The highest BCUT2D eigenvalue weighted by atomic mass is 35.5. The van der Waals surface area contributed by atoms with Gasteiger partial charge in [0.25, 0.3) is 0 Å². The standard InChI is InChI=1S/C11H13ClN2O2S/c12-4-3-8(15)10(16)6-1-2-9-7(5-6)14-11(13)17-9/h1-2,5,8,10,15-16H,3-4H2,(H2,13,14). The molecule has 2 rings (SSSR count). The van der Waals surface area contributed by atoms with Crippen molar-refractivity contribution >= 4 is 38.3 Å². The highest BCUT2D eigenvalue weighted by molar-refractivity contribution is 7.22. The van der Waals surface area contributed by atoms with Crippen LogP contribution in [-0.2, 0) is 0 Å². The minimum atomic E-state index is -0.943. The van der Waals surface area contributed by atoms with Gasteiger partial charge in [-0.25, -0.2) is 4.98 Å². The van der Waals surface area contributed by atoms with Crippen molar-refractivity contribution in [1.29, 1.82) is 0 Å². The Morgan fingerprint density at radius 1 is 1.41 bits per heavy atom. The molecule has 0 fully saturated rings. The molecule has 0 saturated carbocycles. The van der Waals surface area contributed by atoms with Crippen molar-refractivity contribution in [2.75, 3.05) is 11.6 Å². The maximum atomic E-state index is 9.92. The number of aliphatic hydroxyl groups is 2. The van der Waals surface area contributed by atoms with E-state index in [1.165, 1.54) is 11.3 Å². The van der Waals surface area contributed by atoms with Gasteiger partial charge in [-0.05, 0) is 24.1 Å². The van der Waals surface area contributed by atoms with Crippen molar-refractivity contribution in [1.82, 2.24) is 4.98 Å². The fraction of sp³-hybridized carbons (Fsp3) is 0.364. The molecule has 1 aromatic carbocycles. The number of hydrogen-bond donors (Lipinski definition) is 3. The van der Waals surface area contributed by atoms with Crippen LogP contribution in [0.1, 0.15) is 18.1 Å². The lowest BCUT2D eigenvalue weighted by atomic mass is 10.0. The Morgan fingerprint density at radius 2 is 2.18 bits per heavy atom.